The monoisotopic (exact) mass is 261 g/mol. The summed E-state index contributed by atoms with van der Waals surface area (Å²) in [5.41, 5.74) is 1.33. The molecular formula is C16H23NO2. The van der Waals surface area contributed by atoms with Gasteiger partial charge in [0.1, 0.15) is 5.75 Å². The molecule has 1 aliphatic rings. The highest BCUT2D eigenvalue weighted by atomic mass is 16.3. The molecule has 3 nitrogen and oxygen atoms in total. The van der Waals surface area contributed by atoms with Gasteiger partial charge in [0.15, 0.2) is 0 Å². The largest absolute Gasteiger partial charge is 0.507 e. The fourth-order valence-corrected chi connectivity index (χ4v) is 2.78. The van der Waals surface area contributed by atoms with Crippen LogP contribution in [0.2, 0.25) is 0 Å². The van der Waals surface area contributed by atoms with Gasteiger partial charge in [-0.3, -0.25) is 4.79 Å². The lowest BCUT2D eigenvalue weighted by molar-refractivity contribution is 0.0908. The molecule has 0 radical (unpaired) electrons. The van der Waals surface area contributed by atoms with Crippen LogP contribution in [-0.2, 0) is 0 Å². The van der Waals surface area contributed by atoms with E-state index in [0.29, 0.717) is 11.5 Å². The molecular weight excluding hydrogens is 238 g/mol. The van der Waals surface area contributed by atoms with Gasteiger partial charge in [0.2, 0.25) is 0 Å². The Morgan fingerprint density at radius 1 is 1.26 bits per heavy atom. The van der Waals surface area contributed by atoms with Crippen molar-refractivity contribution >= 4 is 5.91 Å². The summed E-state index contributed by atoms with van der Waals surface area (Å²) in [6.45, 7) is 6.41. The molecule has 19 heavy (non-hydrogen) atoms. The van der Waals surface area contributed by atoms with Crippen molar-refractivity contribution in [1.29, 1.82) is 0 Å². The van der Waals surface area contributed by atoms with E-state index in [4.69, 9.17) is 0 Å². The molecule has 3 heteroatoms. The lowest BCUT2D eigenvalue weighted by Gasteiger charge is -2.32. The number of hydrogen-bond acceptors (Lipinski definition) is 2. The zero-order chi connectivity index (χ0) is 14.0. The average molecular weight is 261 g/mol. The number of rotatable bonds is 2. The van der Waals surface area contributed by atoms with Crippen LogP contribution in [0.1, 0.15) is 49.0 Å². The first-order chi connectivity index (χ1) is 8.97. The number of aryl methyl sites for hydroxylation is 1. The van der Waals surface area contributed by atoms with E-state index in [-0.39, 0.29) is 17.7 Å². The number of phenols is 1. The van der Waals surface area contributed by atoms with Crippen LogP contribution in [0.4, 0.5) is 0 Å². The van der Waals surface area contributed by atoms with E-state index in [1.807, 2.05) is 13.0 Å². The maximum atomic E-state index is 12.2. The lowest BCUT2D eigenvalue weighted by atomic mass is 9.79. The van der Waals surface area contributed by atoms with E-state index in [1.54, 1.807) is 12.1 Å². The van der Waals surface area contributed by atoms with E-state index >= 15 is 0 Å². The number of nitrogens with one attached hydrogen (secondary N) is 1. The van der Waals surface area contributed by atoms with E-state index in [9.17, 15) is 9.90 Å². The van der Waals surface area contributed by atoms with Gasteiger partial charge in [0, 0.05) is 6.04 Å². The highest BCUT2D eigenvalue weighted by Gasteiger charge is 2.26. The second-order valence-corrected chi connectivity index (χ2v) is 5.96. The van der Waals surface area contributed by atoms with E-state index < -0.39 is 0 Å². The lowest BCUT2D eigenvalue weighted by Crippen LogP contribution is -2.39. The van der Waals surface area contributed by atoms with Crippen molar-refractivity contribution in [2.75, 3.05) is 0 Å². The Bertz CT molecular complexity index is 470. The third kappa shape index (κ3) is 3.28. The second-order valence-electron chi connectivity index (χ2n) is 5.96. The van der Waals surface area contributed by atoms with Gasteiger partial charge in [-0.05, 0) is 55.7 Å². The molecule has 1 aromatic carbocycles. The standard InChI is InChI=1S/C16H23NO2/c1-10-4-7-14(15(18)8-10)16(19)17-13-6-5-11(2)12(3)9-13/h4,7-8,11-13,18H,5-6,9H2,1-3H3,(H,17,19). The predicted molar refractivity (Wildman–Crippen MR) is 76.3 cm³/mol. The van der Waals surface area contributed by atoms with Crippen LogP contribution in [-0.4, -0.2) is 17.1 Å². The van der Waals surface area contributed by atoms with Gasteiger partial charge in [-0.1, -0.05) is 19.9 Å². The number of aromatic hydroxyl groups is 1. The van der Waals surface area contributed by atoms with Gasteiger partial charge >= 0.3 is 0 Å². The van der Waals surface area contributed by atoms with Crippen LogP contribution < -0.4 is 5.32 Å². The molecule has 2 rings (SSSR count). The number of amides is 1. The Hall–Kier alpha value is -1.51. The summed E-state index contributed by atoms with van der Waals surface area (Å²) in [6, 6.07) is 5.40. The molecule has 104 valence electrons. The minimum atomic E-state index is -0.163. The first kappa shape index (κ1) is 13.9. The number of carbonyl (C=O) groups excluding carboxylic acids is 1. The van der Waals surface area contributed by atoms with Crippen LogP contribution in [0.5, 0.6) is 5.75 Å². The zero-order valence-corrected chi connectivity index (χ0v) is 11.9. The minimum absolute atomic E-state index is 0.0646. The van der Waals surface area contributed by atoms with Crippen molar-refractivity contribution in [3.63, 3.8) is 0 Å². The van der Waals surface area contributed by atoms with Gasteiger partial charge in [-0.2, -0.15) is 0 Å². The molecule has 1 saturated carbocycles. The SMILES string of the molecule is Cc1ccc(C(=O)NC2CCC(C)C(C)C2)c(O)c1. The van der Waals surface area contributed by atoms with Crippen molar-refractivity contribution < 1.29 is 9.90 Å². The van der Waals surface area contributed by atoms with Gasteiger partial charge in [0.05, 0.1) is 5.56 Å². The highest BCUT2D eigenvalue weighted by molar-refractivity contribution is 5.97. The Balaban J connectivity index is 2.01. The van der Waals surface area contributed by atoms with Crippen molar-refractivity contribution in [1.82, 2.24) is 5.32 Å². The van der Waals surface area contributed by atoms with Gasteiger partial charge in [-0.25, -0.2) is 0 Å². The first-order valence-corrected chi connectivity index (χ1v) is 7.08. The summed E-state index contributed by atoms with van der Waals surface area (Å²) in [5, 5.41) is 12.9. The van der Waals surface area contributed by atoms with Crippen molar-refractivity contribution in [3.05, 3.63) is 29.3 Å². The quantitative estimate of drug-likeness (QED) is 0.858. The molecule has 0 saturated heterocycles. The number of carbonyl (C=O) groups is 1. The normalized spacial score (nSPS) is 27.0. The molecule has 1 aromatic rings. The molecule has 0 heterocycles. The third-order valence-corrected chi connectivity index (χ3v) is 4.33. The summed E-state index contributed by atoms with van der Waals surface area (Å²) < 4.78 is 0. The summed E-state index contributed by atoms with van der Waals surface area (Å²) in [7, 11) is 0. The fraction of sp³-hybridized carbons (Fsp3) is 0.562. The molecule has 1 fully saturated rings. The Morgan fingerprint density at radius 3 is 2.63 bits per heavy atom. The predicted octanol–water partition coefficient (Wildman–Crippen LogP) is 3.26. The Labute approximate surface area is 115 Å². The smallest absolute Gasteiger partial charge is 0.255 e. The molecule has 2 N–H and O–H groups in total. The maximum absolute atomic E-state index is 12.2. The molecule has 0 aromatic heterocycles. The first-order valence-electron chi connectivity index (χ1n) is 7.08. The number of hydrogen-bond donors (Lipinski definition) is 2. The van der Waals surface area contributed by atoms with E-state index in [1.165, 1.54) is 0 Å². The Morgan fingerprint density at radius 2 is 2.00 bits per heavy atom. The zero-order valence-electron chi connectivity index (χ0n) is 11.9. The topological polar surface area (TPSA) is 49.3 Å². The van der Waals surface area contributed by atoms with E-state index in [0.717, 1.165) is 30.7 Å². The average Bonchev–Trinajstić information content (AvgIpc) is 2.33. The third-order valence-electron chi connectivity index (χ3n) is 4.33. The van der Waals surface area contributed by atoms with Crippen molar-refractivity contribution in [2.45, 2.75) is 46.1 Å². The molecule has 0 spiro atoms. The van der Waals surface area contributed by atoms with Gasteiger partial charge < -0.3 is 10.4 Å². The molecule has 1 aliphatic carbocycles. The van der Waals surface area contributed by atoms with Gasteiger partial charge in [-0.15, -0.1) is 0 Å². The number of benzene rings is 1. The van der Waals surface area contributed by atoms with Crippen LogP contribution in [0.25, 0.3) is 0 Å². The van der Waals surface area contributed by atoms with Crippen LogP contribution in [0.3, 0.4) is 0 Å². The van der Waals surface area contributed by atoms with Crippen molar-refractivity contribution in [3.8, 4) is 5.75 Å². The molecule has 0 aliphatic heterocycles. The second kappa shape index (κ2) is 5.64. The van der Waals surface area contributed by atoms with Crippen LogP contribution >= 0.6 is 0 Å². The van der Waals surface area contributed by atoms with Gasteiger partial charge in [0.25, 0.3) is 5.91 Å². The Kier molecular flexibility index (Phi) is 4.13. The summed E-state index contributed by atoms with van der Waals surface area (Å²) in [6.07, 6.45) is 3.22. The summed E-state index contributed by atoms with van der Waals surface area (Å²) >= 11 is 0. The maximum Gasteiger partial charge on any atom is 0.255 e. The number of phenolic OH excluding ortho intramolecular Hbond substituents is 1. The molecule has 1 amide bonds. The highest BCUT2D eigenvalue weighted by Crippen LogP contribution is 2.29. The van der Waals surface area contributed by atoms with Crippen molar-refractivity contribution in [2.24, 2.45) is 11.8 Å². The summed E-state index contributed by atoms with van der Waals surface area (Å²) in [4.78, 5) is 12.2. The molecule has 3 atom stereocenters. The minimum Gasteiger partial charge on any atom is -0.507 e. The van der Waals surface area contributed by atoms with Crippen LogP contribution in [0.15, 0.2) is 18.2 Å². The fourth-order valence-electron chi connectivity index (χ4n) is 2.78. The summed E-state index contributed by atoms with van der Waals surface area (Å²) in [5.74, 6) is 1.28. The molecule has 0 bridgehead atoms. The molecule has 3 unspecified atom stereocenters. The van der Waals surface area contributed by atoms with E-state index in [2.05, 4.69) is 19.2 Å². The van der Waals surface area contributed by atoms with Crippen LogP contribution in [0, 0.1) is 18.8 Å².